The van der Waals surface area contributed by atoms with Gasteiger partial charge in [-0.2, -0.15) is 0 Å². The van der Waals surface area contributed by atoms with Gasteiger partial charge in [0, 0.05) is 0 Å². The molecule has 2 aliphatic carbocycles. The Morgan fingerprint density at radius 2 is 2.00 bits per heavy atom. The number of esters is 1. The van der Waals surface area contributed by atoms with E-state index in [1.807, 2.05) is 0 Å². The third-order valence-corrected chi connectivity index (χ3v) is 4.10. The van der Waals surface area contributed by atoms with Crippen molar-refractivity contribution < 1.29 is 18.7 Å². The van der Waals surface area contributed by atoms with Crippen molar-refractivity contribution in [2.45, 2.75) is 12.8 Å². The average molecular weight is 274 g/mol. The Kier molecular flexibility index (Phi) is 3.38. The molecule has 1 saturated carbocycles. The summed E-state index contributed by atoms with van der Waals surface area (Å²) in [6.45, 7) is -0.392. The average Bonchev–Trinajstić information content (AvgIpc) is 3.07. The first-order valence-corrected chi connectivity index (χ1v) is 6.78. The van der Waals surface area contributed by atoms with Gasteiger partial charge in [-0.25, -0.2) is 4.39 Å². The second-order valence-corrected chi connectivity index (χ2v) is 5.40. The first-order chi connectivity index (χ1) is 9.65. The number of halogens is 1. The summed E-state index contributed by atoms with van der Waals surface area (Å²) in [5, 5.41) is 0. The van der Waals surface area contributed by atoms with E-state index < -0.39 is 18.2 Å². The summed E-state index contributed by atoms with van der Waals surface area (Å²) in [6, 6.07) is 5.71. The molecule has 3 atom stereocenters. The Morgan fingerprint density at radius 1 is 1.20 bits per heavy atom. The molecule has 0 aromatic heterocycles. The molecule has 2 aliphatic rings. The summed E-state index contributed by atoms with van der Waals surface area (Å²) in [5.41, 5.74) is -0.0341. The quantitative estimate of drug-likeness (QED) is 0.482. The Labute approximate surface area is 116 Å². The van der Waals surface area contributed by atoms with Crippen molar-refractivity contribution in [2.24, 2.45) is 17.8 Å². The van der Waals surface area contributed by atoms with E-state index in [9.17, 15) is 14.0 Å². The molecule has 4 heteroatoms. The fourth-order valence-corrected chi connectivity index (χ4v) is 3.06. The van der Waals surface area contributed by atoms with Gasteiger partial charge in [0.25, 0.3) is 0 Å². The molecule has 104 valence electrons. The van der Waals surface area contributed by atoms with E-state index in [1.165, 1.54) is 18.2 Å². The van der Waals surface area contributed by atoms with Crippen molar-refractivity contribution in [3.63, 3.8) is 0 Å². The lowest BCUT2D eigenvalue weighted by Crippen LogP contribution is -2.24. The van der Waals surface area contributed by atoms with E-state index >= 15 is 0 Å². The molecule has 0 N–H and O–H groups in total. The van der Waals surface area contributed by atoms with Crippen molar-refractivity contribution in [2.75, 3.05) is 6.61 Å². The number of allylic oxidation sites excluding steroid dienone is 2. The highest BCUT2D eigenvalue weighted by molar-refractivity contribution is 5.98. The predicted molar refractivity (Wildman–Crippen MR) is 70.5 cm³/mol. The number of carbonyl (C=O) groups excluding carboxylic acids is 2. The van der Waals surface area contributed by atoms with Gasteiger partial charge >= 0.3 is 5.97 Å². The van der Waals surface area contributed by atoms with Crippen LogP contribution in [0.5, 0.6) is 0 Å². The van der Waals surface area contributed by atoms with E-state index in [1.54, 1.807) is 6.07 Å². The van der Waals surface area contributed by atoms with Crippen LogP contribution in [0.15, 0.2) is 36.4 Å². The summed E-state index contributed by atoms with van der Waals surface area (Å²) in [5.74, 6) is -0.854. The van der Waals surface area contributed by atoms with Crippen LogP contribution < -0.4 is 0 Å². The minimum atomic E-state index is -0.587. The smallest absolute Gasteiger partial charge is 0.310 e. The molecule has 0 amide bonds. The zero-order chi connectivity index (χ0) is 14.1. The van der Waals surface area contributed by atoms with Gasteiger partial charge in [0.2, 0.25) is 5.78 Å². The number of carbonyl (C=O) groups is 2. The lowest BCUT2D eigenvalue weighted by Gasteiger charge is -2.16. The van der Waals surface area contributed by atoms with Gasteiger partial charge in [0.15, 0.2) is 6.61 Å². The lowest BCUT2D eigenvalue weighted by atomic mass is 9.94. The van der Waals surface area contributed by atoms with Crippen LogP contribution in [0.4, 0.5) is 4.39 Å². The van der Waals surface area contributed by atoms with Gasteiger partial charge < -0.3 is 4.74 Å². The van der Waals surface area contributed by atoms with Crippen LogP contribution in [0.1, 0.15) is 23.2 Å². The fraction of sp³-hybridized carbons (Fsp3) is 0.375. The van der Waals surface area contributed by atoms with E-state index in [-0.39, 0.29) is 23.4 Å². The molecule has 3 nitrogen and oxygen atoms in total. The summed E-state index contributed by atoms with van der Waals surface area (Å²) in [6.07, 6.45) is 5.99. The molecular weight excluding hydrogens is 259 g/mol. The van der Waals surface area contributed by atoms with Crippen molar-refractivity contribution in [1.29, 1.82) is 0 Å². The SMILES string of the molecule is O=C(COC(=O)C1CC2C=CC1C2)c1ccccc1F. The molecule has 1 fully saturated rings. The molecule has 0 spiro atoms. The Hall–Kier alpha value is -1.97. The molecule has 3 rings (SSSR count). The van der Waals surface area contributed by atoms with Gasteiger partial charge in [0.05, 0.1) is 11.5 Å². The Bertz CT molecular complexity index is 579. The van der Waals surface area contributed by atoms with Gasteiger partial charge in [-0.1, -0.05) is 24.3 Å². The molecule has 20 heavy (non-hydrogen) atoms. The maximum absolute atomic E-state index is 13.4. The van der Waals surface area contributed by atoms with Crippen LogP contribution in [0.3, 0.4) is 0 Å². The van der Waals surface area contributed by atoms with Crippen molar-refractivity contribution in [1.82, 2.24) is 0 Å². The number of hydrogen-bond acceptors (Lipinski definition) is 3. The number of ketones is 1. The molecule has 0 radical (unpaired) electrons. The second-order valence-electron chi connectivity index (χ2n) is 5.40. The van der Waals surface area contributed by atoms with Crippen molar-refractivity contribution >= 4 is 11.8 Å². The van der Waals surface area contributed by atoms with Crippen LogP contribution in [0.2, 0.25) is 0 Å². The molecule has 0 saturated heterocycles. The van der Waals surface area contributed by atoms with Gasteiger partial charge in [0.1, 0.15) is 5.82 Å². The van der Waals surface area contributed by atoms with Crippen LogP contribution in [0.25, 0.3) is 0 Å². The monoisotopic (exact) mass is 274 g/mol. The second kappa shape index (κ2) is 5.19. The van der Waals surface area contributed by atoms with E-state index in [4.69, 9.17) is 4.74 Å². The number of hydrogen-bond donors (Lipinski definition) is 0. The minimum absolute atomic E-state index is 0.0341. The topological polar surface area (TPSA) is 43.4 Å². The normalized spacial score (nSPS) is 26.8. The highest BCUT2D eigenvalue weighted by atomic mass is 19.1. The number of ether oxygens (including phenoxy) is 1. The number of fused-ring (bicyclic) bond motifs is 2. The fourth-order valence-electron chi connectivity index (χ4n) is 3.06. The summed E-state index contributed by atoms with van der Waals surface area (Å²) < 4.78 is 18.5. The molecule has 0 heterocycles. The molecule has 0 aliphatic heterocycles. The van der Waals surface area contributed by atoms with E-state index in [0.717, 1.165) is 12.8 Å². The van der Waals surface area contributed by atoms with Gasteiger partial charge in [-0.15, -0.1) is 0 Å². The van der Waals surface area contributed by atoms with Gasteiger partial charge in [-0.05, 0) is 36.8 Å². The molecule has 1 aromatic carbocycles. The minimum Gasteiger partial charge on any atom is -0.457 e. The van der Waals surface area contributed by atoms with E-state index in [0.29, 0.717) is 5.92 Å². The highest BCUT2D eigenvalue weighted by Crippen LogP contribution is 2.43. The largest absolute Gasteiger partial charge is 0.457 e. The first-order valence-electron chi connectivity index (χ1n) is 6.78. The van der Waals surface area contributed by atoms with Crippen LogP contribution in [-0.4, -0.2) is 18.4 Å². The zero-order valence-electron chi connectivity index (χ0n) is 10.9. The van der Waals surface area contributed by atoms with Crippen LogP contribution >= 0.6 is 0 Å². The number of benzene rings is 1. The van der Waals surface area contributed by atoms with Crippen LogP contribution in [0, 0.1) is 23.6 Å². The Balaban J connectivity index is 1.57. The zero-order valence-corrected chi connectivity index (χ0v) is 10.9. The standard InChI is InChI=1S/C16H15FO3/c17-14-4-2-1-3-12(14)15(18)9-20-16(19)13-8-10-5-6-11(13)7-10/h1-6,10-11,13H,7-9H2. The van der Waals surface area contributed by atoms with Crippen LogP contribution in [-0.2, 0) is 9.53 Å². The summed E-state index contributed by atoms with van der Waals surface area (Å²) in [4.78, 5) is 23.8. The molecule has 1 aromatic rings. The predicted octanol–water partition coefficient (Wildman–Crippen LogP) is 2.76. The third kappa shape index (κ3) is 2.38. The summed E-state index contributed by atoms with van der Waals surface area (Å²) in [7, 11) is 0. The number of rotatable bonds is 4. The van der Waals surface area contributed by atoms with E-state index in [2.05, 4.69) is 12.2 Å². The summed E-state index contributed by atoms with van der Waals surface area (Å²) >= 11 is 0. The Morgan fingerprint density at radius 3 is 2.65 bits per heavy atom. The third-order valence-electron chi connectivity index (χ3n) is 4.10. The van der Waals surface area contributed by atoms with Gasteiger partial charge in [-0.3, -0.25) is 9.59 Å². The number of Topliss-reactive ketones (excluding diaryl/α,β-unsaturated/α-hetero) is 1. The molecule has 2 bridgehead atoms. The molecule has 3 unspecified atom stereocenters. The maximum atomic E-state index is 13.4. The highest BCUT2D eigenvalue weighted by Gasteiger charge is 2.40. The van der Waals surface area contributed by atoms with Crippen molar-refractivity contribution in [3.05, 3.63) is 47.8 Å². The van der Waals surface area contributed by atoms with Crippen molar-refractivity contribution in [3.8, 4) is 0 Å². The maximum Gasteiger partial charge on any atom is 0.310 e. The first kappa shape index (κ1) is 13.0. The lowest BCUT2D eigenvalue weighted by molar-refractivity contribution is -0.148. The molecular formula is C16H15FO3.